The Morgan fingerprint density at radius 2 is 0.481 bits per heavy atom. The smallest absolute Gasteiger partial charge is 0.306 e. The number of carbonyl (C=O) groups is 3. The summed E-state index contributed by atoms with van der Waals surface area (Å²) in [5.41, 5.74) is 0. The van der Waals surface area contributed by atoms with Crippen LogP contribution in [0, 0.1) is 0 Å². The molecule has 0 bridgehead atoms. The van der Waals surface area contributed by atoms with E-state index >= 15 is 0 Å². The van der Waals surface area contributed by atoms with Crippen molar-refractivity contribution in [3.05, 3.63) is 85.1 Å². The van der Waals surface area contributed by atoms with E-state index < -0.39 is 6.10 Å². The van der Waals surface area contributed by atoms with E-state index in [1.165, 1.54) is 205 Å². The summed E-state index contributed by atoms with van der Waals surface area (Å²) >= 11 is 0. The van der Waals surface area contributed by atoms with Gasteiger partial charge in [-0.15, -0.1) is 0 Å². The first-order chi connectivity index (χ1) is 40.0. The van der Waals surface area contributed by atoms with Crippen LogP contribution in [0.15, 0.2) is 85.1 Å². The minimum atomic E-state index is -0.786. The Balaban J connectivity index is 4.28. The van der Waals surface area contributed by atoms with Crippen molar-refractivity contribution in [2.45, 2.75) is 361 Å². The Labute approximate surface area is 503 Å². The molecule has 0 aliphatic carbocycles. The lowest BCUT2D eigenvalue weighted by Gasteiger charge is -2.18. The van der Waals surface area contributed by atoms with Gasteiger partial charge in [-0.2, -0.15) is 0 Å². The number of unbranched alkanes of at least 4 members (excludes halogenated alkanes) is 39. The molecule has 0 heterocycles. The molecule has 1 atom stereocenters. The van der Waals surface area contributed by atoms with Crippen LogP contribution in [0.2, 0.25) is 0 Å². The average Bonchev–Trinajstić information content (AvgIpc) is 3.47. The summed E-state index contributed by atoms with van der Waals surface area (Å²) in [7, 11) is 0. The molecule has 0 aromatic heterocycles. The van der Waals surface area contributed by atoms with Crippen molar-refractivity contribution in [2.75, 3.05) is 13.2 Å². The summed E-state index contributed by atoms with van der Waals surface area (Å²) < 4.78 is 17.0. The van der Waals surface area contributed by atoms with Crippen LogP contribution in [0.1, 0.15) is 355 Å². The summed E-state index contributed by atoms with van der Waals surface area (Å²) in [5, 5.41) is 0. The van der Waals surface area contributed by atoms with Gasteiger partial charge in [-0.3, -0.25) is 14.4 Å². The zero-order valence-corrected chi connectivity index (χ0v) is 53.8. The molecule has 0 rings (SSSR count). The summed E-state index contributed by atoms with van der Waals surface area (Å²) in [4.78, 5) is 38.4. The number of carbonyl (C=O) groups excluding carboxylic acids is 3. The van der Waals surface area contributed by atoms with Gasteiger partial charge in [0.2, 0.25) is 0 Å². The van der Waals surface area contributed by atoms with E-state index in [-0.39, 0.29) is 31.1 Å². The lowest BCUT2D eigenvalue weighted by Crippen LogP contribution is -2.30. The second-order valence-corrected chi connectivity index (χ2v) is 23.4. The van der Waals surface area contributed by atoms with Crippen LogP contribution in [0.5, 0.6) is 0 Å². The topological polar surface area (TPSA) is 78.9 Å². The van der Waals surface area contributed by atoms with Gasteiger partial charge in [0, 0.05) is 19.3 Å². The number of allylic oxidation sites excluding steroid dienone is 14. The molecule has 0 N–H and O–H groups in total. The van der Waals surface area contributed by atoms with E-state index in [0.29, 0.717) is 19.3 Å². The minimum absolute atomic E-state index is 0.0811. The molecule has 6 nitrogen and oxygen atoms in total. The van der Waals surface area contributed by atoms with Crippen molar-refractivity contribution in [1.82, 2.24) is 0 Å². The molecule has 0 saturated heterocycles. The molecule has 0 spiro atoms. The Kier molecular flexibility index (Phi) is 66.2. The molecule has 0 aromatic rings. The molecule has 0 amide bonds. The maximum absolute atomic E-state index is 12.9. The summed E-state index contributed by atoms with van der Waals surface area (Å²) in [6.07, 6.45) is 91.8. The van der Waals surface area contributed by atoms with Crippen molar-refractivity contribution in [2.24, 2.45) is 0 Å². The third-order valence-corrected chi connectivity index (χ3v) is 15.4. The first kappa shape index (κ1) is 77.6. The van der Waals surface area contributed by atoms with Gasteiger partial charge in [-0.25, -0.2) is 0 Å². The van der Waals surface area contributed by atoms with Crippen LogP contribution < -0.4 is 0 Å². The number of hydrogen-bond acceptors (Lipinski definition) is 6. The van der Waals surface area contributed by atoms with E-state index in [4.69, 9.17) is 14.2 Å². The zero-order valence-electron chi connectivity index (χ0n) is 53.8. The second kappa shape index (κ2) is 69.1. The Morgan fingerprint density at radius 1 is 0.259 bits per heavy atom. The van der Waals surface area contributed by atoms with Crippen molar-refractivity contribution in [1.29, 1.82) is 0 Å². The third-order valence-electron chi connectivity index (χ3n) is 15.4. The van der Waals surface area contributed by atoms with E-state index in [0.717, 1.165) is 109 Å². The van der Waals surface area contributed by atoms with Crippen molar-refractivity contribution in [3.8, 4) is 0 Å². The predicted octanol–water partition coefficient (Wildman–Crippen LogP) is 24.2. The lowest BCUT2D eigenvalue weighted by molar-refractivity contribution is -0.167. The molecule has 0 saturated carbocycles. The van der Waals surface area contributed by atoms with E-state index in [1.807, 2.05) is 0 Å². The molecule has 468 valence electrons. The first-order valence-electron chi connectivity index (χ1n) is 35.1. The van der Waals surface area contributed by atoms with Crippen LogP contribution in [0.3, 0.4) is 0 Å². The molecular weight excluding hydrogens is 997 g/mol. The van der Waals surface area contributed by atoms with Gasteiger partial charge in [0.25, 0.3) is 0 Å². The van der Waals surface area contributed by atoms with Gasteiger partial charge in [0.1, 0.15) is 13.2 Å². The highest BCUT2D eigenvalue weighted by molar-refractivity contribution is 5.71. The fourth-order valence-corrected chi connectivity index (χ4v) is 10.1. The number of hydrogen-bond donors (Lipinski definition) is 0. The van der Waals surface area contributed by atoms with E-state index in [1.54, 1.807) is 0 Å². The molecule has 0 aliphatic rings. The first-order valence-corrected chi connectivity index (χ1v) is 35.1. The maximum Gasteiger partial charge on any atom is 0.306 e. The Morgan fingerprint density at radius 3 is 0.765 bits per heavy atom. The number of esters is 3. The lowest BCUT2D eigenvalue weighted by atomic mass is 10.0. The van der Waals surface area contributed by atoms with Crippen molar-refractivity contribution in [3.63, 3.8) is 0 Å². The van der Waals surface area contributed by atoms with Crippen LogP contribution in [-0.2, 0) is 28.6 Å². The van der Waals surface area contributed by atoms with Gasteiger partial charge < -0.3 is 14.2 Å². The fraction of sp³-hybridized carbons (Fsp3) is 0.773. The minimum Gasteiger partial charge on any atom is -0.462 e. The van der Waals surface area contributed by atoms with Gasteiger partial charge in [0.05, 0.1) is 0 Å². The molecule has 81 heavy (non-hydrogen) atoms. The van der Waals surface area contributed by atoms with Crippen molar-refractivity contribution < 1.29 is 28.6 Å². The second-order valence-electron chi connectivity index (χ2n) is 23.4. The summed E-state index contributed by atoms with van der Waals surface area (Å²) in [5.74, 6) is -0.884. The van der Waals surface area contributed by atoms with E-state index in [9.17, 15) is 14.4 Å². The van der Waals surface area contributed by atoms with Crippen LogP contribution in [-0.4, -0.2) is 37.2 Å². The third kappa shape index (κ3) is 67.3. The van der Waals surface area contributed by atoms with E-state index in [2.05, 4.69) is 106 Å². The number of ether oxygens (including phenoxy) is 3. The van der Waals surface area contributed by atoms with Crippen molar-refractivity contribution >= 4 is 17.9 Å². The van der Waals surface area contributed by atoms with Crippen LogP contribution in [0.25, 0.3) is 0 Å². The Hall–Kier alpha value is -3.41. The molecule has 0 aromatic carbocycles. The zero-order chi connectivity index (χ0) is 58.5. The number of rotatable bonds is 64. The highest BCUT2D eigenvalue weighted by Crippen LogP contribution is 2.17. The largest absolute Gasteiger partial charge is 0.462 e. The SMILES string of the molecule is CC/C=C\C/C=C\C/C=C\CCCCCCCC(=O)OCC(COC(=O)CCCCCCCCCCCCCCCC/C=C\C/C=C\C/C=C\CCCCCCC)OC(=O)CCCCCCCCCCC/C=C\CCCCCCCC. The summed E-state index contributed by atoms with van der Waals surface area (Å²) in [6.45, 7) is 6.54. The molecule has 0 radical (unpaired) electrons. The molecular formula is C75H132O6. The fourth-order valence-electron chi connectivity index (χ4n) is 10.1. The molecule has 0 fully saturated rings. The monoisotopic (exact) mass is 1130 g/mol. The molecule has 0 aliphatic heterocycles. The summed E-state index contributed by atoms with van der Waals surface area (Å²) in [6, 6.07) is 0. The molecule has 6 heteroatoms. The maximum atomic E-state index is 12.9. The predicted molar refractivity (Wildman–Crippen MR) is 353 cm³/mol. The quantitative estimate of drug-likeness (QED) is 0.0261. The Bertz CT molecular complexity index is 1530. The van der Waals surface area contributed by atoms with Gasteiger partial charge >= 0.3 is 17.9 Å². The normalized spacial score (nSPS) is 12.6. The molecule has 1 unspecified atom stereocenters. The van der Waals surface area contributed by atoms with Crippen LogP contribution in [0.4, 0.5) is 0 Å². The highest BCUT2D eigenvalue weighted by atomic mass is 16.6. The van der Waals surface area contributed by atoms with Gasteiger partial charge in [0.15, 0.2) is 6.10 Å². The van der Waals surface area contributed by atoms with Gasteiger partial charge in [-0.1, -0.05) is 305 Å². The average molecular weight is 1130 g/mol. The highest BCUT2D eigenvalue weighted by Gasteiger charge is 2.19. The van der Waals surface area contributed by atoms with Gasteiger partial charge in [-0.05, 0) is 116 Å². The van der Waals surface area contributed by atoms with Crippen LogP contribution >= 0.6 is 0 Å². The standard InChI is InChI=1S/C75H132O6/c1-4-7-10-13-16-19-22-25-28-30-32-33-34-35-36-37-38-39-40-41-43-44-47-50-53-56-59-62-65-68-74(77)80-71-72(70-79-73(76)67-64-61-58-55-52-49-46-27-24-21-18-15-12-9-6-3)81-75(78)69-66-63-60-57-54-51-48-45-42-31-29-26-23-20-17-14-11-8-5-2/h9,12,18,21-22,25-27,29-30,32,34-35,46,72H,4-8,10-11,13-17,19-20,23-24,28,31,33,36-45,47-71H2,1-3H3/b12-9-,21-18-,25-22-,29-26-,32-30-,35-34-,46-27-.